The highest BCUT2D eigenvalue weighted by molar-refractivity contribution is 5.74. The Morgan fingerprint density at radius 3 is 2.88 bits per heavy atom. The molecule has 0 aliphatic carbocycles. The molecular weight excluding hydrogens is 200 g/mol. The van der Waals surface area contributed by atoms with Crippen LogP contribution in [-0.2, 0) is 13.1 Å². The molecule has 0 atom stereocenters. The van der Waals surface area contributed by atoms with Gasteiger partial charge in [-0.1, -0.05) is 13.8 Å². The molecule has 0 aromatic carbocycles. The van der Waals surface area contributed by atoms with Crippen LogP contribution in [0.3, 0.4) is 0 Å². The summed E-state index contributed by atoms with van der Waals surface area (Å²) in [6.07, 6.45) is 3.81. The van der Waals surface area contributed by atoms with E-state index < -0.39 is 0 Å². The molecule has 86 valence electrons. The van der Waals surface area contributed by atoms with E-state index in [0.29, 0.717) is 5.92 Å². The maximum Gasteiger partial charge on any atom is 0.157 e. The summed E-state index contributed by atoms with van der Waals surface area (Å²) in [7, 11) is 1.94. The molecule has 0 spiro atoms. The van der Waals surface area contributed by atoms with E-state index in [1.165, 1.54) is 5.56 Å². The van der Waals surface area contributed by atoms with E-state index in [0.717, 1.165) is 24.1 Å². The van der Waals surface area contributed by atoms with Crippen molar-refractivity contribution in [1.29, 1.82) is 0 Å². The van der Waals surface area contributed by atoms with Crippen LogP contribution in [0.5, 0.6) is 0 Å². The lowest BCUT2D eigenvalue weighted by Crippen LogP contribution is -2.07. The van der Waals surface area contributed by atoms with Crippen molar-refractivity contribution in [1.82, 2.24) is 20.1 Å². The van der Waals surface area contributed by atoms with Gasteiger partial charge in [0, 0.05) is 24.7 Å². The normalized spacial score (nSPS) is 11.5. The van der Waals surface area contributed by atoms with Crippen molar-refractivity contribution in [2.45, 2.75) is 26.9 Å². The Kier molecular flexibility index (Phi) is 3.19. The van der Waals surface area contributed by atoms with Crippen molar-refractivity contribution < 1.29 is 0 Å². The van der Waals surface area contributed by atoms with Crippen LogP contribution in [0.4, 0.5) is 0 Å². The first-order chi connectivity index (χ1) is 7.70. The zero-order chi connectivity index (χ0) is 11.5. The van der Waals surface area contributed by atoms with Crippen molar-refractivity contribution in [3.63, 3.8) is 0 Å². The topological polar surface area (TPSA) is 42.7 Å². The molecule has 1 N–H and O–H groups in total. The first-order valence-corrected chi connectivity index (χ1v) is 5.65. The number of pyridine rings is 1. The summed E-state index contributed by atoms with van der Waals surface area (Å²) in [4.78, 5) is 4.47. The minimum Gasteiger partial charge on any atom is -0.316 e. The predicted octanol–water partition coefficient (Wildman–Crippen LogP) is 1.81. The van der Waals surface area contributed by atoms with Gasteiger partial charge in [0.05, 0.1) is 6.20 Å². The minimum atomic E-state index is 0.585. The zero-order valence-corrected chi connectivity index (χ0v) is 10.1. The number of hydrogen-bond acceptors (Lipinski definition) is 3. The molecule has 0 saturated heterocycles. The number of hydrogen-bond donors (Lipinski definition) is 1. The lowest BCUT2D eigenvalue weighted by molar-refractivity contribution is 0.492. The lowest BCUT2D eigenvalue weighted by atomic mass is 10.2. The molecule has 0 fully saturated rings. The highest BCUT2D eigenvalue weighted by atomic mass is 15.3. The van der Waals surface area contributed by atoms with Crippen LogP contribution in [0.15, 0.2) is 18.5 Å². The number of nitrogens with zero attached hydrogens (tertiary/aromatic N) is 3. The van der Waals surface area contributed by atoms with Gasteiger partial charge in [-0.3, -0.25) is 0 Å². The summed E-state index contributed by atoms with van der Waals surface area (Å²) in [6, 6.07) is 2.14. The van der Waals surface area contributed by atoms with Gasteiger partial charge in [0.15, 0.2) is 5.65 Å². The molecule has 0 aliphatic heterocycles. The van der Waals surface area contributed by atoms with Gasteiger partial charge in [-0.25, -0.2) is 9.67 Å². The van der Waals surface area contributed by atoms with Crippen molar-refractivity contribution in [2.75, 3.05) is 7.05 Å². The Balaban J connectivity index is 2.34. The highest BCUT2D eigenvalue weighted by Crippen LogP contribution is 2.14. The van der Waals surface area contributed by atoms with Crippen molar-refractivity contribution in [3.05, 3.63) is 24.0 Å². The monoisotopic (exact) mass is 218 g/mol. The SMILES string of the molecule is CNCc1cnc2c(cnn2CC(C)C)c1. The van der Waals surface area contributed by atoms with Crippen molar-refractivity contribution in [3.8, 4) is 0 Å². The fourth-order valence-electron chi connectivity index (χ4n) is 1.80. The van der Waals surface area contributed by atoms with Crippen LogP contribution >= 0.6 is 0 Å². The summed E-state index contributed by atoms with van der Waals surface area (Å²) in [5.41, 5.74) is 2.17. The van der Waals surface area contributed by atoms with Gasteiger partial charge in [0.2, 0.25) is 0 Å². The molecule has 0 amide bonds. The van der Waals surface area contributed by atoms with E-state index in [1.807, 2.05) is 24.1 Å². The molecule has 0 radical (unpaired) electrons. The molecule has 16 heavy (non-hydrogen) atoms. The van der Waals surface area contributed by atoms with E-state index in [-0.39, 0.29) is 0 Å². The third-order valence-corrected chi connectivity index (χ3v) is 2.45. The number of rotatable bonds is 4. The van der Waals surface area contributed by atoms with E-state index in [2.05, 4.69) is 35.3 Å². The second kappa shape index (κ2) is 4.61. The molecule has 4 heteroatoms. The van der Waals surface area contributed by atoms with Crippen LogP contribution in [-0.4, -0.2) is 21.8 Å². The quantitative estimate of drug-likeness (QED) is 0.851. The zero-order valence-electron chi connectivity index (χ0n) is 10.1. The third-order valence-electron chi connectivity index (χ3n) is 2.45. The highest BCUT2D eigenvalue weighted by Gasteiger charge is 2.06. The summed E-state index contributed by atoms with van der Waals surface area (Å²) in [6.45, 7) is 6.13. The Morgan fingerprint density at radius 1 is 1.38 bits per heavy atom. The molecule has 2 aromatic rings. The molecule has 2 aromatic heterocycles. The summed E-state index contributed by atoms with van der Waals surface area (Å²) in [5, 5.41) is 8.61. The lowest BCUT2D eigenvalue weighted by Gasteiger charge is -2.06. The Bertz CT molecular complexity index is 473. The molecule has 2 heterocycles. The van der Waals surface area contributed by atoms with Gasteiger partial charge in [-0.05, 0) is 24.6 Å². The summed E-state index contributed by atoms with van der Waals surface area (Å²) in [5.74, 6) is 0.585. The molecule has 0 unspecified atom stereocenters. The average Bonchev–Trinajstić information content (AvgIpc) is 2.61. The number of aromatic nitrogens is 3. The van der Waals surface area contributed by atoms with Crippen LogP contribution < -0.4 is 5.32 Å². The van der Waals surface area contributed by atoms with Gasteiger partial charge in [0.25, 0.3) is 0 Å². The maximum atomic E-state index is 4.47. The molecule has 4 nitrogen and oxygen atoms in total. The second-order valence-electron chi connectivity index (χ2n) is 4.51. The van der Waals surface area contributed by atoms with Gasteiger partial charge in [-0.15, -0.1) is 0 Å². The fourth-order valence-corrected chi connectivity index (χ4v) is 1.80. The smallest absolute Gasteiger partial charge is 0.157 e. The predicted molar refractivity (Wildman–Crippen MR) is 65.1 cm³/mol. The number of nitrogens with one attached hydrogen (secondary N) is 1. The first kappa shape index (κ1) is 11.1. The molecule has 0 bridgehead atoms. The van der Waals surface area contributed by atoms with Crippen LogP contribution in [0.2, 0.25) is 0 Å². The van der Waals surface area contributed by atoms with E-state index in [1.54, 1.807) is 0 Å². The Morgan fingerprint density at radius 2 is 2.19 bits per heavy atom. The molecular formula is C12H18N4. The van der Waals surface area contributed by atoms with Gasteiger partial charge in [-0.2, -0.15) is 5.10 Å². The average molecular weight is 218 g/mol. The molecule has 2 rings (SSSR count). The second-order valence-corrected chi connectivity index (χ2v) is 4.51. The fraction of sp³-hybridized carbons (Fsp3) is 0.500. The maximum absolute atomic E-state index is 4.47. The van der Waals surface area contributed by atoms with E-state index >= 15 is 0 Å². The largest absolute Gasteiger partial charge is 0.316 e. The Hall–Kier alpha value is -1.42. The third kappa shape index (κ3) is 2.22. The van der Waals surface area contributed by atoms with E-state index in [4.69, 9.17) is 0 Å². The van der Waals surface area contributed by atoms with Crippen LogP contribution in [0.1, 0.15) is 19.4 Å². The van der Waals surface area contributed by atoms with Crippen LogP contribution in [0, 0.1) is 5.92 Å². The van der Waals surface area contributed by atoms with Crippen molar-refractivity contribution >= 4 is 11.0 Å². The molecule has 0 saturated carbocycles. The van der Waals surface area contributed by atoms with Gasteiger partial charge < -0.3 is 5.32 Å². The van der Waals surface area contributed by atoms with E-state index in [9.17, 15) is 0 Å². The first-order valence-electron chi connectivity index (χ1n) is 5.65. The van der Waals surface area contributed by atoms with Gasteiger partial charge >= 0.3 is 0 Å². The Labute approximate surface area is 95.7 Å². The summed E-state index contributed by atoms with van der Waals surface area (Å²) < 4.78 is 1.98. The number of fused-ring (bicyclic) bond motifs is 1. The van der Waals surface area contributed by atoms with Crippen molar-refractivity contribution in [2.24, 2.45) is 5.92 Å². The minimum absolute atomic E-state index is 0.585. The van der Waals surface area contributed by atoms with Crippen LogP contribution in [0.25, 0.3) is 11.0 Å². The summed E-state index contributed by atoms with van der Waals surface area (Å²) >= 11 is 0. The standard InChI is InChI=1S/C12H18N4/c1-9(2)8-16-12-11(7-15-16)4-10(5-13-3)6-14-12/h4,6-7,9,13H,5,8H2,1-3H3. The van der Waals surface area contributed by atoms with Gasteiger partial charge in [0.1, 0.15) is 0 Å². The molecule has 0 aliphatic rings.